The molecule has 7 nitrogen and oxygen atoms in total. The van der Waals surface area contributed by atoms with Crippen LogP contribution < -0.4 is 9.46 Å². The Morgan fingerprint density at radius 3 is 2.87 bits per heavy atom. The summed E-state index contributed by atoms with van der Waals surface area (Å²) in [4.78, 5) is 8.97. The van der Waals surface area contributed by atoms with Crippen LogP contribution >= 0.6 is 0 Å². The zero-order chi connectivity index (χ0) is 16.0. The van der Waals surface area contributed by atoms with Gasteiger partial charge < -0.3 is 9.64 Å². The summed E-state index contributed by atoms with van der Waals surface area (Å²) in [5.74, 6) is 0.220. The number of fused-ring (bicyclic) bond motifs is 2. The van der Waals surface area contributed by atoms with Gasteiger partial charge >= 0.3 is 0 Å². The van der Waals surface area contributed by atoms with Crippen molar-refractivity contribution in [3.63, 3.8) is 0 Å². The van der Waals surface area contributed by atoms with E-state index >= 15 is 0 Å². The van der Waals surface area contributed by atoms with Crippen LogP contribution in [0.1, 0.15) is 12.8 Å². The molecule has 0 radical (unpaired) electrons. The zero-order valence-electron chi connectivity index (χ0n) is 13.2. The van der Waals surface area contributed by atoms with Crippen molar-refractivity contribution in [2.75, 3.05) is 33.2 Å². The van der Waals surface area contributed by atoms with Crippen molar-refractivity contribution in [1.82, 2.24) is 19.5 Å². The van der Waals surface area contributed by atoms with Gasteiger partial charge in [0, 0.05) is 25.3 Å². The molecule has 3 aliphatic heterocycles. The first-order valence-electron chi connectivity index (χ1n) is 8.09. The predicted molar refractivity (Wildman–Crippen MR) is 84.9 cm³/mol. The number of ether oxygens (including phenoxy) is 1. The summed E-state index contributed by atoms with van der Waals surface area (Å²) >= 11 is 0. The number of sulfonamides is 1. The molecule has 0 spiro atoms. The van der Waals surface area contributed by atoms with Gasteiger partial charge in [-0.1, -0.05) is 0 Å². The van der Waals surface area contributed by atoms with Crippen LogP contribution in [0.2, 0.25) is 0 Å². The van der Waals surface area contributed by atoms with E-state index in [0.29, 0.717) is 12.6 Å². The minimum absolute atomic E-state index is 0.139. The summed E-state index contributed by atoms with van der Waals surface area (Å²) in [6, 6.07) is 3.46. The van der Waals surface area contributed by atoms with Crippen molar-refractivity contribution in [3.05, 3.63) is 18.3 Å². The smallest absolute Gasteiger partial charge is 0.246 e. The van der Waals surface area contributed by atoms with E-state index in [2.05, 4.69) is 26.6 Å². The Morgan fingerprint density at radius 2 is 2.09 bits per heavy atom. The van der Waals surface area contributed by atoms with Crippen LogP contribution in [-0.4, -0.2) is 74.6 Å². The van der Waals surface area contributed by atoms with Gasteiger partial charge in [-0.05, 0) is 45.1 Å². The second-order valence-corrected chi connectivity index (χ2v) is 8.36. The van der Waals surface area contributed by atoms with Gasteiger partial charge in [0.15, 0.2) is 0 Å². The molecule has 2 unspecified atom stereocenters. The van der Waals surface area contributed by atoms with Crippen molar-refractivity contribution in [1.29, 1.82) is 0 Å². The largest absolute Gasteiger partial charge is 0.470 e. The van der Waals surface area contributed by atoms with Crippen molar-refractivity contribution in [2.45, 2.75) is 35.9 Å². The molecule has 0 saturated carbocycles. The summed E-state index contributed by atoms with van der Waals surface area (Å²) < 4.78 is 33.8. The molecule has 0 aliphatic carbocycles. The van der Waals surface area contributed by atoms with Gasteiger partial charge in [0.1, 0.15) is 11.0 Å². The van der Waals surface area contributed by atoms with E-state index in [1.165, 1.54) is 0 Å². The maximum Gasteiger partial charge on any atom is 0.246 e. The second kappa shape index (κ2) is 5.70. The average molecular weight is 338 g/mol. The minimum atomic E-state index is -3.57. The Bertz CT molecular complexity index is 688. The fourth-order valence-corrected chi connectivity index (χ4v) is 5.11. The van der Waals surface area contributed by atoms with E-state index < -0.39 is 10.0 Å². The monoisotopic (exact) mass is 338 g/mol. The number of aromatic nitrogens is 1. The first-order valence-corrected chi connectivity index (χ1v) is 9.58. The summed E-state index contributed by atoms with van der Waals surface area (Å²) in [5.41, 5.74) is 0. The first kappa shape index (κ1) is 15.3. The highest BCUT2D eigenvalue weighted by molar-refractivity contribution is 7.89. The molecule has 0 amide bonds. The number of pyridine rings is 1. The van der Waals surface area contributed by atoms with Crippen LogP contribution in [0.5, 0.6) is 5.88 Å². The van der Waals surface area contributed by atoms with E-state index in [1.54, 1.807) is 18.3 Å². The molecule has 126 valence electrons. The Hall–Kier alpha value is -1.22. The van der Waals surface area contributed by atoms with E-state index in [1.807, 2.05) is 0 Å². The summed E-state index contributed by atoms with van der Waals surface area (Å²) in [6.45, 7) is 3.63. The lowest BCUT2D eigenvalue weighted by Crippen LogP contribution is -2.44. The third-order valence-electron chi connectivity index (χ3n) is 5.09. The van der Waals surface area contributed by atoms with E-state index in [9.17, 15) is 8.42 Å². The number of piperidine rings is 1. The van der Waals surface area contributed by atoms with Crippen LogP contribution in [-0.2, 0) is 10.0 Å². The van der Waals surface area contributed by atoms with Gasteiger partial charge in [0.25, 0.3) is 0 Å². The van der Waals surface area contributed by atoms with Gasteiger partial charge in [-0.25, -0.2) is 18.1 Å². The first-order chi connectivity index (χ1) is 11.0. The number of hydrogen-bond donors (Lipinski definition) is 1. The topological polar surface area (TPSA) is 74.8 Å². The van der Waals surface area contributed by atoms with Gasteiger partial charge in [-0.3, -0.25) is 4.90 Å². The van der Waals surface area contributed by atoms with Crippen molar-refractivity contribution >= 4 is 10.0 Å². The summed E-state index contributed by atoms with van der Waals surface area (Å²) in [7, 11) is -1.43. The highest BCUT2D eigenvalue weighted by atomic mass is 32.2. The van der Waals surface area contributed by atoms with Gasteiger partial charge in [0.2, 0.25) is 15.9 Å². The number of nitrogens with one attached hydrogen (secondary N) is 1. The van der Waals surface area contributed by atoms with Gasteiger partial charge in [0.05, 0.1) is 6.04 Å². The highest BCUT2D eigenvalue weighted by Gasteiger charge is 2.43. The van der Waals surface area contributed by atoms with Crippen LogP contribution in [0.15, 0.2) is 23.2 Å². The third-order valence-corrected chi connectivity index (χ3v) is 6.60. The Balaban J connectivity index is 1.55. The molecular formula is C15H22N4O3S. The maximum absolute atomic E-state index is 12.5. The molecule has 2 atom stereocenters. The molecule has 8 heteroatoms. The molecular weight excluding hydrogens is 316 g/mol. The molecule has 0 aromatic carbocycles. The lowest BCUT2D eigenvalue weighted by Gasteiger charge is -2.35. The van der Waals surface area contributed by atoms with Crippen LogP contribution in [0, 0.1) is 0 Å². The number of hydrogen-bond acceptors (Lipinski definition) is 6. The number of rotatable bonds is 1. The van der Waals surface area contributed by atoms with E-state index in [-0.39, 0.29) is 22.9 Å². The maximum atomic E-state index is 12.5. The molecule has 3 aliphatic rings. The Kier molecular flexibility index (Phi) is 3.79. The molecule has 23 heavy (non-hydrogen) atoms. The molecule has 1 aromatic heterocycles. The zero-order valence-corrected chi connectivity index (χ0v) is 14.0. The van der Waals surface area contributed by atoms with Crippen LogP contribution in [0.4, 0.5) is 0 Å². The van der Waals surface area contributed by atoms with Crippen molar-refractivity contribution in [3.8, 4) is 5.88 Å². The number of nitrogens with zero attached hydrogens (tertiary/aromatic N) is 3. The molecule has 2 saturated heterocycles. The minimum Gasteiger partial charge on any atom is -0.470 e. The fourth-order valence-electron chi connectivity index (χ4n) is 3.77. The van der Waals surface area contributed by atoms with E-state index in [0.717, 1.165) is 32.5 Å². The molecule has 1 aromatic rings. The lowest BCUT2D eigenvalue weighted by atomic mass is 10.0. The summed E-state index contributed by atoms with van der Waals surface area (Å²) in [5, 5.41) is 0. The Labute approximate surface area is 136 Å². The third kappa shape index (κ3) is 2.84. The van der Waals surface area contributed by atoms with E-state index in [4.69, 9.17) is 4.74 Å². The SMILES string of the molecule is CN1CCC(N2CC3NS(=O)(=O)c4cccnc4OC3C2)CC1. The van der Waals surface area contributed by atoms with Crippen molar-refractivity contribution in [2.24, 2.45) is 0 Å². The fraction of sp³-hybridized carbons (Fsp3) is 0.667. The predicted octanol–water partition coefficient (Wildman–Crippen LogP) is -0.101. The highest BCUT2D eigenvalue weighted by Crippen LogP contribution is 2.30. The normalized spacial score (nSPS) is 31.9. The van der Waals surface area contributed by atoms with Crippen LogP contribution in [0.3, 0.4) is 0 Å². The Morgan fingerprint density at radius 1 is 1.30 bits per heavy atom. The standard InChI is InChI=1S/C15H22N4O3S/c1-18-7-4-11(5-8-18)19-9-12-13(10-19)22-15-14(3-2-6-16-15)23(20,21)17-12/h2-3,6,11-13,17H,4-5,7-10H2,1H3. The van der Waals surface area contributed by atoms with Crippen molar-refractivity contribution < 1.29 is 13.2 Å². The van der Waals surface area contributed by atoms with Gasteiger partial charge in [-0.15, -0.1) is 0 Å². The quantitative estimate of drug-likeness (QED) is 0.771. The lowest BCUT2D eigenvalue weighted by molar-refractivity contribution is 0.123. The molecule has 0 bridgehead atoms. The summed E-state index contributed by atoms with van der Waals surface area (Å²) in [6.07, 6.45) is 3.63. The van der Waals surface area contributed by atoms with Gasteiger partial charge in [-0.2, -0.15) is 0 Å². The molecule has 4 heterocycles. The molecule has 4 rings (SSSR count). The second-order valence-electron chi connectivity index (χ2n) is 6.68. The average Bonchev–Trinajstić information content (AvgIpc) is 2.86. The molecule has 2 fully saturated rings. The van der Waals surface area contributed by atoms with Crippen LogP contribution in [0.25, 0.3) is 0 Å². The number of likely N-dealkylation sites (tertiary alicyclic amines) is 2. The molecule has 1 N–H and O–H groups in total.